The monoisotopic (exact) mass is 302 g/mol. The van der Waals surface area contributed by atoms with Crippen LogP contribution >= 0.6 is 12.2 Å². The highest BCUT2D eigenvalue weighted by Gasteiger charge is 2.15. The second-order valence-electron chi connectivity index (χ2n) is 5.44. The summed E-state index contributed by atoms with van der Waals surface area (Å²) in [4.78, 5) is 7.85. The lowest BCUT2D eigenvalue weighted by atomic mass is 10.1. The second-order valence-corrected chi connectivity index (χ2v) is 5.83. The third-order valence-corrected chi connectivity index (χ3v) is 3.95. The molecule has 110 valence electrons. The molecule has 0 bridgehead atoms. The molecule has 4 nitrogen and oxygen atoms in total. The maximum absolute atomic E-state index is 5.65. The minimum atomic E-state index is 0.295. The number of nitrogens with one attached hydrogen (secondary N) is 1. The van der Waals surface area contributed by atoms with Crippen molar-refractivity contribution in [3.63, 3.8) is 0 Å². The number of hydrogen-bond donors (Lipinski definition) is 1. The van der Waals surface area contributed by atoms with Gasteiger partial charge in [-0.15, -0.1) is 0 Å². The molecule has 0 amide bonds. The van der Waals surface area contributed by atoms with Crippen molar-refractivity contribution in [3.05, 3.63) is 34.2 Å². The molecule has 5 heteroatoms. The molecule has 1 N–H and O–H groups in total. The van der Waals surface area contributed by atoms with E-state index in [-0.39, 0.29) is 0 Å². The van der Waals surface area contributed by atoms with Crippen LogP contribution in [-0.4, -0.2) is 23.2 Å². The smallest absolute Gasteiger partial charge is 0.162 e. The molecule has 21 heavy (non-hydrogen) atoms. The minimum Gasteiger partial charge on any atom is -0.486 e. The number of benzene rings is 1. The van der Waals surface area contributed by atoms with Crippen LogP contribution in [0.3, 0.4) is 0 Å². The van der Waals surface area contributed by atoms with E-state index in [0.717, 1.165) is 34.1 Å². The molecule has 0 radical (unpaired) electrons. The molecule has 1 aromatic carbocycles. The Morgan fingerprint density at radius 2 is 1.90 bits per heavy atom. The first-order valence-electron chi connectivity index (χ1n) is 7.07. The first-order valence-corrected chi connectivity index (χ1v) is 7.48. The van der Waals surface area contributed by atoms with Crippen molar-refractivity contribution < 1.29 is 9.47 Å². The van der Waals surface area contributed by atoms with Gasteiger partial charge in [0.25, 0.3) is 0 Å². The molecular weight excluding hydrogens is 284 g/mol. The highest BCUT2D eigenvalue weighted by atomic mass is 32.1. The maximum atomic E-state index is 5.65. The Kier molecular flexibility index (Phi) is 3.68. The first-order chi connectivity index (χ1) is 10.1. The van der Waals surface area contributed by atoms with Gasteiger partial charge in [-0.1, -0.05) is 26.1 Å². The van der Waals surface area contributed by atoms with Crippen molar-refractivity contribution in [1.29, 1.82) is 0 Å². The third kappa shape index (κ3) is 2.65. The molecule has 1 aromatic heterocycles. The summed E-state index contributed by atoms with van der Waals surface area (Å²) in [6.45, 7) is 7.36. The van der Waals surface area contributed by atoms with Gasteiger partial charge in [0.1, 0.15) is 23.7 Å². The molecule has 0 spiro atoms. The summed E-state index contributed by atoms with van der Waals surface area (Å²) in [5, 5.41) is 0. The summed E-state index contributed by atoms with van der Waals surface area (Å²) >= 11 is 5.38. The Bertz CT molecular complexity index is 738. The average Bonchev–Trinajstić information content (AvgIpc) is 2.49. The van der Waals surface area contributed by atoms with Crippen molar-refractivity contribution in [2.24, 2.45) is 0 Å². The molecule has 0 aliphatic carbocycles. The number of rotatable bonds is 2. The van der Waals surface area contributed by atoms with E-state index in [1.54, 1.807) is 0 Å². The molecule has 0 atom stereocenters. The van der Waals surface area contributed by atoms with Crippen LogP contribution in [0.5, 0.6) is 11.5 Å². The first kappa shape index (κ1) is 14.1. The van der Waals surface area contributed by atoms with Gasteiger partial charge in [0.15, 0.2) is 11.5 Å². The lowest BCUT2D eigenvalue weighted by Gasteiger charge is -2.19. The van der Waals surface area contributed by atoms with Gasteiger partial charge in [0.2, 0.25) is 0 Å². The molecule has 1 aliphatic rings. The van der Waals surface area contributed by atoms with E-state index < -0.39 is 0 Å². The second kappa shape index (κ2) is 5.48. The maximum Gasteiger partial charge on any atom is 0.162 e. The van der Waals surface area contributed by atoms with Crippen LogP contribution in [0.25, 0.3) is 11.3 Å². The molecule has 0 saturated heterocycles. The van der Waals surface area contributed by atoms with Gasteiger partial charge in [-0.2, -0.15) is 0 Å². The van der Waals surface area contributed by atoms with E-state index in [0.29, 0.717) is 23.8 Å². The Labute approximate surface area is 129 Å². The van der Waals surface area contributed by atoms with E-state index in [2.05, 4.69) is 23.8 Å². The zero-order valence-electron chi connectivity index (χ0n) is 12.4. The van der Waals surface area contributed by atoms with Crippen LogP contribution in [0.15, 0.2) is 18.2 Å². The summed E-state index contributed by atoms with van der Waals surface area (Å²) in [6.07, 6.45) is 0. The van der Waals surface area contributed by atoms with Gasteiger partial charge in [-0.05, 0) is 25.1 Å². The molecule has 1 aliphatic heterocycles. The van der Waals surface area contributed by atoms with Crippen molar-refractivity contribution >= 4 is 12.2 Å². The third-order valence-electron chi connectivity index (χ3n) is 3.55. The molecule has 2 heterocycles. The van der Waals surface area contributed by atoms with Crippen LogP contribution in [0.4, 0.5) is 0 Å². The summed E-state index contributed by atoms with van der Waals surface area (Å²) < 4.78 is 11.9. The molecule has 0 saturated carbocycles. The fraction of sp³-hybridized carbons (Fsp3) is 0.375. The van der Waals surface area contributed by atoms with Gasteiger partial charge in [-0.25, -0.2) is 4.98 Å². The molecule has 2 aromatic rings. The van der Waals surface area contributed by atoms with Crippen molar-refractivity contribution in [1.82, 2.24) is 9.97 Å². The van der Waals surface area contributed by atoms with Gasteiger partial charge in [-0.3, -0.25) is 0 Å². The number of fused-ring (bicyclic) bond motifs is 1. The Balaban J connectivity index is 2.13. The Hall–Kier alpha value is -1.88. The molecule has 0 unspecified atom stereocenters. The standard InChI is InChI=1S/C16H18N2O2S/c1-9(2)15-17-14(10(3)16(21)18-15)11-4-5-12-13(8-11)20-7-6-19-12/h4-5,8-9H,6-7H2,1-3H3,(H,17,18,21). The van der Waals surface area contributed by atoms with Crippen molar-refractivity contribution in [2.75, 3.05) is 13.2 Å². The Morgan fingerprint density at radius 3 is 2.62 bits per heavy atom. The van der Waals surface area contributed by atoms with E-state index in [4.69, 9.17) is 21.7 Å². The van der Waals surface area contributed by atoms with E-state index in [9.17, 15) is 0 Å². The van der Waals surface area contributed by atoms with E-state index in [1.165, 1.54) is 0 Å². The Morgan fingerprint density at radius 1 is 1.19 bits per heavy atom. The van der Waals surface area contributed by atoms with Crippen LogP contribution in [0.2, 0.25) is 0 Å². The summed E-state index contributed by atoms with van der Waals surface area (Å²) in [5.74, 6) is 2.76. The number of hydrogen-bond acceptors (Lipinski definition) is 4. The largest absolute Gasteiger partial charge is 0.486 e. The van der Waals surface area contributed by atoms with Crippen LogP contribution in [0.1, 0.15) is 31.2 Å². The zero-order valence-corrected chi connectivity index (χ0v) is 13.2. The minimum absolute atomic E-state index is 0.295. The highest BCUT2D eigenvalue weighted by molar-refractivity contribution is 7.71. The molecule has 3 rings (SSSR count). The van der Waals surface area contributed by atoms with Crippen LogP contribution in [0, 0.1) is 11.6 Å². The van der Waals surface area contributed by atoms with Crippen LogP contribution in [-0.2, 0) is 0 Å². The van der Waals surface area contributed by atoms with Gasteiger partial charge >= 0.3 is 0 Å². The average molecular weight is 302 g/mol. The highest BCUT2D eigenvalue weighted by Crippen LogP contribution is 2.35. The van der Waals surface area contributed by atoms with E-state index in [1.807, 2.05) is 25.1 Å². The van der Waals surface area contributed by atoms with Crippen molar-refractivity contribution in [2.45, 2.75) is 26.7 Å². The lowest BCUT2D eigenvalue weighted by Crippen LogP contribution is -2.15. The number of nitrogens with zero attached hydrogens (tertiary/aromatic N) is 1. The summed E-state index contributed by atoms with van der Waals surface area (Å²) in [5.41, 5.74) is 3.01. The summed E-state index contributed by atoms with van der Waals surface area (Å²) in [7, 11) is 0. The fourth-order valence-corrected chi connectivity index (χ4v) is 2.51. The topological polar surface area (TPSA) is 47.1 Å². The predicted molar refractivity (Wildman–Crippen MR) is 84.7 cm³/mol. The fourth-order valence-electron chi connectivity index (χ4n) is 2.31. The predicted octanol–water partition coefficient (Wildman–Crippen LogP) is 4.01. The van der Waals surface area contributed by atoms with Gasteiger partial charge < -0.3 is 14.5 Å². The molecular formula is C16H18N2O2S. The number of ether oxygens (including phenoxy) is 2. The van der Waals surface area contributed by atoms with E-state index >= 15 is 0 Å². The number of aromatic nitrogens is 2. The number of aromatic amines is 1. The van der Waals surface area contributed by atoms with Crippen LogP contribution < -0.4 is 9.47 Å². The van der Waals surface area contributed by atoms with Gasteiger partial charge in [0.05, 0.1) is 5.69 Å². The van der Waals surface area contributed by atoms with Crippen molar-refractivity contribution in [3.8, 4) is 22.8 Å². The zero-order chi connectivity index (χ0) is 15.0. The normalized spacial score (nSPS) is 13.5. The quantitative estimate of drug-likeness (QED) is 0.852. The van der Waals surface area contributed by atoms with Gasteiger partial charge in [0, 0.05) is 17.0 Å². The SMILES string of the molecule is Cc1c(-c2ccc3c(c2)OCCO3)[nH]c(C(C)C)nc1=S. The lowest BCUT2D eigenvalue weighted by molar-refractivity contribution is 0.171. The number of H-pyrrole nitrogens is 1. The molecule has 0 fully saturated rings. The summed E-state index contributed by atoms with van der Waals surface area (Å²) in [6, 6.07) is 5.95.